The number of hydrogen-bond donors (Lipinski definition) is 0. The van der Waals surface area contributed by atoms with Gasteiger partial charge in [0.05, 0.1) is 5.56 Å². The Labute approximate surface area is 151 Å². The Morgan fingerprint density at radius 2 is 2.08 bits per heavy atom. The number of likely N-dealkylation sites (tertiary alicyclic amines) is 1. The maximum absolute atomic E-state index is 13.8. The zero-order valence-electron chi connectivity index (χ0n) is 14.4. The molecule has 1 amide bonds. The summed E-state index contributed by atoms with van der Waals surface area (Å²) in [5.74, 6) is -2.04. The summed E-state index contributed by atoms with van der Waals surface area (Å²) in [6.45, 7) is 2.53. The summed E-state index contributed by atoms with van der Waals surface area (Å²) in [5, 5.41) is 6.43. The van der Waals surface area contributed by atoms with Gasteiger partial charge >= 0.3 is 5.22 Å². The number of nitrogens with zero attached hydrogens (tertiary/aromatic N) is 3. The number of hydrogen-bond acceptors (Lipinski definition) is 6. The molecule has 0 saturated carbocycles. The molecule has 0 spiro atoms. The Morgan fingerprint density at radius 3 is 2.81 bits per heavy atom. The molecule has 7 nitrogen and oxygen atoms in total. The molecule has 0 N–H and O–H groups in total. The third-order valence-electron chi connectivity index (χ3n) is 4.51. The van der Waals surface area contributed by atoms with Crippen LogP contribution in [0.1, 0.15) is 32.6 Å². The minimum atomic E-state index is -4.09. The van der Waals surface area contributed by atoms with Crippen LogP contribution in [0.4, 0.5) is 4.39 Å². The number of aromatic nitrogens is 2. The second-order valence-electron chi connectivity index (χ2n) is 6.26. The predicted molar refractivity (Wildman–Crippen MR) is 91.4 cm³/mol. The standard InChI is InChI=1S/C17H20FN3O4S/c1-2-12-7-5-6-10-21(12)15(22)11-26(23,24)17-20-19-16(25-17)13-8-3-4-9-14(13)18/h3-4,8-9,12H,2,5-7,10-11H2,1H3. The summed E-state index contributed by atoms with van der Waals surface area (Å²) in [5.41, 5.74) is 0.00912. The second kappa shape index (κ2) is 7.53. The molecule has 1 aliphatic heterocycles. The predicted octanol–water partition coefficient (Wildman–Crippen LogP) is 2.44. The van der Waals surface area contributed by atoms with Crippen molar-refractivity contribution < 1.29 is 22.0 Å². The second-order valence-corrected chi connectivity index (χ2v) is 8.12. The smallest absolute Gasteiger partial charge is 0.336 e. The molecule has 9 heteroatoms. The van der Waals surface area contributed by atoms with Crippen molar-refractivity contribution in [2.24, 2.45) is 0 Å². The van der Waals surface area contributed by atoms with E-state index in [1.165, 1.54) is 18.2 Å². The van der Waals surface area contributed by atoms with Crippen LogP contribution < -0.4 is 0 Å². The van der Waals surface area contributed by atoms with E-state index in [1.54, 1.807) is 11.0 Å². The topological polar surface area (TPSA) is 93.4 Å². The number of benzene rings is 1. The zero-order valence-corrected chi connectivity index (χ0v) is 15.2. The van der Waals surface area contributed by atoms with E-state index in [2.05, 4.69) is 10.2 Å². The van der Waals surface area contributed by atoms with Gasteiger partial charge in [-0.05, 0) is 37.8 Å². The molecular formula is C17H20FN3O4S. The summed E-state index contributed by atoms with van der Waals surface area (Å²) in [6, 6.07) is 5.74. The normalized spacial score (nSPS) is 18.1. The monoisotopic (exact) mass is 381 g/mol. The van der Waals surface area contributed by atoms with Crippen LogP contribution in [0.15, 0.2) is 33.9 Å². The van der Waals surface area contributed by atoms with E-state index in [-0.39, 0.29) is 17.5 Å². The molecule has 1 aromatic carbocycles. The van der Waals surface area contributed by atoms with Crippen LogP contribution in [0, 0.1) is 5.82 Å². The summed E-state index contributed by atoms with van der Waals surface area (Å²) < 4.78 is 43.9. The van der Waals surface area contributed by atoms with E-state index in [0.717, 1.165) is 25.7 Å². The van der Waals surface area contributed by atoms with Crippen molar-refractivity contribution in [2.45, 2.75) is 43.9 Å². The molecule has 2 aromatic rings. The molecule has 1 atom stereocenters. The van der Waals surface area contributed by atoms with Gasteiger partial charge in [0.2, 0.25) is 15.7 Å². The van der Waals surface area contributed by atoms with Crippen molar-refractivity contribution in [3.8, 4) is 11.5 Å². The van der Waals surface area contributed by atoms with Gasteiger partial charge in [0.15, 0.2) is 0 Å². The highest BCUT2D eigenvalue weighted by Gasteiger charge is 2.32. The van der Waals surface area contributed by atoms with E-state index in [0.29, 0.717) is 6.54 Å². The lowest BCUT2D eigenvalue weighted by Gasteiger charge is -2.35. The first-order chi connectivity index (χ1) is 12.4. The van der Waals surface area contributed by atoms with E-state index >= 15 is 0 Å². The SMILES string of the molecule is CCC1CCCCN1C(=O)CS(=O)(=O)c1nnc(-c2ccccc2F)o1. The fourth-order valence-electron chi connectivity index (χ4n) is 3.14. The highest BCUT2D eigenvalue weighted by Crippen LogP contribution is 2.24. The molecule has 1 saturated heterocycles. The fourth-order valence-corrected chi connectivity index (χ4v) is 4.13. The van der Waals surface area contributed by atoms with Gasteiger partial charge in [-0.1, -0.05) is 24.2 Å². The van der Waals surface area contributed by atoms with Crippen molar-refractivity contribution in [3.63, 3.8) is 0 Å². The minimum absolute atomic E-state index is 0.00912. The third-order valence-corrected chi connectivity index (χ3v) is 5.83. The maximum Gasteiger partial charge on any atom is 0.336 e. The number of sulfone groups is 1. The van der Waals surface area contributed by atoms with Gasteiger partial charge in [0.1, 0.15) is 11.6 Å². The van der Waals surface area contributed by atoms with Crippen molar-refractivity contribution in [2.75, 3.05) is 12.3 Å². The zero-order chi connectivity index (χ0) is 18.7. The maximum atomic E-state index is 13.8. The van der Waals surface area contributed by atoms with Crippen LogP contribution in [0.3, 0.4) is 0 Å². The summed E-state index contributed by atoms with van der Waals surface area (Å²) in [7, 11) is -4.09. The number of carbonyl (C=O) groups excluding carboxylic acids is 1. The Morgan fingerprint density at radius 1 is 1.31 bits per heavy atom. The van der Waals surface area contributed by atoms with Crippen LogP contribution >= 0.6 is 0 Å². The van der Waals surface area contributed by atoms with Crippen molar-refractivity contribution in [3.05, 3.63) is 30.1 Å². The lowest BCUT2D eigenvalue weighted by Crippen LogP contribution is -2.45. The Hall–Kier alpha value is -2.29. The summed E-state index contributed by atoms with van der Waals surface area (Å²) in [6.07, 6.45) is 3.55. The number of piperidine rings is 1. The van der Waals surface area contributed by atoms with E-state index in [9.17, 15) is 17.6 Å². The van der Waals surface area contributed by atoms with Crippen LogP contribution in [-0.4, -0.2) is 47.8 Å². The Kier molecular flexibility index (Phi) is 5.36. The van der Waals surface area contributed by atoms with Crippen molar-refractivity contribution in [1.82, 2.24) is 15.1 Å². The number of halogens is 1. The van der Waals surface area contributed by atoms with Gasteiger partial charge in [-0.3, -0.25) is 4.79 Å². The van der Waals surface area contributed by atoms with Gasteiger partial charge in [-0.15, -0.1) is 5.10 Å². The van der Waals surface area contributed by atoms with Crippen LogP contribution in [0.25, 0.3) is 11.5 Å². The third kappa shape index (κ3) is 3.77. The summed E-state index contributed by atoms with van der Waals surface area (Å²) in [4.78, 5) is 14.1. The molecule has 1 unspecified atom stereocenters. The minimum Gasteiger partial charge on any atom is -0.408 e. The first kappa shape index (κ1) is 18.5. The van der Waals surface area contributed by atoms with Crippen molar-refractivity contribution >= 4 is 15.7 Å². The molecule has 0 bridgehead atoms. The largest absolute Gasteiger partial charge is 0.408 e. The molecule has 0 aliphatic carbocycles. The molecule has 1 aromatic heterocycles. The molecule has 2 heterocycles. The van der Waals surface area contributed by atoms with E-state index in [4.69, 9.17) is 4.42 Å². The van der Waals surface area contributed by atoms with Gasteiger partial charge in [0, 0.05) is 12.6 Å². The molecule has 3 rings (SSSR count). The van der Waals surface area contributed by atoms with Crippen molar-refractivity contribution in [1.29, 1.82) is 0 Å². The highest BCUT2D eigenvalue weighted by molar-refractivity contribution is 7.91. The average Bonchev–Trinajstić information content (AvgIpc) is 3.12. The lowest BCUT2D eigenvalue weighted by atomic mass is 10.0. The van der Waals surface area contributed by atoms with Gasteiger partial charge in [-0.25, -0.2) is 12.8 Å². The van der Waals surface area contributed by atoms with Crippen LogP contribution in [0.2, 0.25) is 0 Å². The van der Waals surface area contributed by atoms with Gasteiger partial charge in [0.25, 0.3) is 5.89 Å². The Balaban J connectivity index is 1.78. The molecule has 1 fully saturated rings. The first-order valence-corrected chi connectivity index (χ1v) is 10.2. The van der Waals surface area contributed by atoms with Crippen LogP contribution in [-0.2, 0) is 14.6 Å². The fraction of sp³-hybridized carbons (Fsp3) is 0.471. The number of carbonyl (C=O) groups is 1. The summed E-state index contributed by atoms with van der Waals surface area (Å²) >= 11 is 0. The molecule has 26 heavy (non-hydrogen) atoms. The highest BCUT2D eigenvalue weighted by atomic mass is 32.2. The quantitative estimate of drug-likeness (QED) is 0.790. The number of rotatable bonds is 5. The molecular weight excluding hydrogens is 361 g/mol. The molecule has 0 radical (unpaired) electrons. The van der Waals surface area contributed by atoms with E-state index < -0.39 is 32.5 Å². The van der Waals surface area contributed by atoms with Crippen LogP contribution in [0.5, 0.6) is 0 Å². The van der Waals surface area contributed by atoms with Gasteiger partial charge < -0.3 is 9.32 Å². The molecule has 1 aliphatic rings. The number of amides is 1. The lowest BCUT2D eigenvalue weighted by molar-refractivity contribution is -0.132. The Bertz CT molecular complexity index is 897. The van der Waals surface area contributed by atoms with E-state index in [1.807, 2.05) is 6.92 Å². The van der Waals surface area contributed by atoms with Gasteiger partial charge in [-0.2, -0.15) is 0 Å². The first-order valence-electron chi connectivity index (χ1n) is 8.53. The average molecular weight is 381 g/mol. The molecule has 140 valence electrons.